The molecule has 3 rings (SSSR count). The molecule has 2 aromatic carbocycles. The molecule has 1 saturated heterocycles. The van der Waals surface area contributed by atoms with Crippen LogP contribution in [0.1, 0.15) is 30.4 Å². The number of hydrogen-bond acceptors (Lipinski definition) is 3. The highest BCUT2D eigenvalue weighted by Crippen LogP contribution is 2.24. The Labute approximate surface area is 157 Å². The molecule has 0 aliphatic carbocycles. The molecular weight excluding hydrogens is 322 g/mol. The van der Waals surface area contributed by atoms with E-state index in [0.29, 0.717) is 0 Å². The van der Waals surface area contributed by atoms with E-state index in [1.54, 1.807) is 14.2 Å². The summed E-state index contributed by atoms with van der Waals surface area (Å²) in [6, 6.07) is 16.9. The summed E-state index contributed by atoms with van der Waals surface area (Å²) in [5.74, 6) is 2.82. The number of methoxy groups -OCH3 is 2. The predicted octanol–water partition coefficient (Wildman–Crippen LogP) is 4.59. The Kier molecular flexibility index (Phi) is 6.96. The first kappa shape index (κ1) is 18.8. The maximum absolute atomic E-state index is 5.46. The second kappa shape index (κ2) is 9.63. The van der Waals surface area contributed by atoms with Crippen LogP contribution in [-0.4, -0.2) is 38.8 Å². The molecule has 0 unspecified atom stereocenters. The molecule has 3 nitrogen and oxygen atoms in total. The van der Waals surface area contributed by atoms with Gasteiger partial charge in [0.15, 0.2) is 0 Å². The van der Waals surface area contributed by atoms with Crippen molar-refractivity contribution in [1.82, 2.24) is 4.90 Å². The summed E-state index contributed by atoms with van der Waals surface area (Å²) in [4.78, 5) is 2.61. The summed E-state index contributed by atoms with van der Waals surface area (Å²) >= 11 is 0. The van der Waals surface area contributed by atoms with Crippen LogP contribution in [0.4, 0.5) is 0 Å². The van der Waals surface area contributed by atoms with Crippen molar-refractivity contribution >= 4 is 0 Å². The van der Waals surface area contributed by atoms with Gasteiger partial charge in [0.05, 0.1) is 14.2 Å². The van der Waals surface area contributed by atoms with Gasteiger partial charge in [-0.25, -0.2) is 0 Å². The van der Waals surface area contributed by atoms with Crippen molar-refractivity contribution in [1.29, 1.82) is 0 Å². The number of likely N-dealkylation sites (tertiary alicyclic amines) is 1. The molecule has 0 N–H and O–H groups in total. The average Bonchev–Trinajstić information content (AvgIpc) is 2.72. The summed E-state index contributed by atoms with van der Waals surface area (Å²) in [7, 11) is 3.48. The Hall–Kier alpha value is -2.00. The van der Waals surface area contributed by atoms with Crippen LogP contribution in [-0.2, 0) is 12.8 Å². The van der Waals surface area contributed by atoms with Gasteiger partial charge in [-0.05, 0) is 80.4 Å². The van der Waals surface area contributed by atoms with Crippen molar-refractivity contribution in [3.63, 3.8) is 0 Å². The first-order valence-corrected chi connectivity index (χ1v) is 9.75. The van der Waals surface area contributed by atoms with Gasteiger partial charge in [-0.1, -0.05) is 30.3 Å². The van der Waals surface area contributed by atoms with E-state index in [1.807, 2.05) is 6.07 Å². The Bertz CT molecular complexity index is 660. The van der Waals surface area contributed by atoms with Crippen LogP contribution in [0.2, 0.25) is 0 Å². The van der Waals surface area contributed by atoms with Gasteiger partial charge in [0.25, 0.3) is 0 Å². The minimum absolute atomic E-state index is 0.861. The average molecular weight is 354 g/mol. The molecule has 26 heavy (non-hydrogen) atoms. The summed E-state index contributed by atoms with van der Waals surface area (Å²) in [5, 5.41) is 0. The van der Waals surface area contributed by atoms with Gasteiger partial charge >= 0.3 is 0 Å². The van der Waals surface area contributed by atoms with Gasteiger partial charge in [-0.3, -0.25) is 0 Å². The minimum Gasteiger partial charge on any atom is -0.497 e. The Morgan fingerprint density at radius 3 is 2.31 bits per heavy atom. The highest BCUT2D eigenvalue weighted by molar-refractivity contribution is 5.33. The lowest BCUT2D eigenvalue weighted by atomic mass is 9.90. The van der Waals surface area contributed by atoms with E-state index in [0.717, 1.165) is 30.4 Å². The van der Waals surface area contributed by atoms with Crippen LogP contribution in [0, 0.1) is 5.92 Å². The molecule has 2 aromatic rings. The molecule has 1 aliphatic rings. The number of ether oxygens (including phenoxy) is 2. The fourth-order valence-corrected chi connectivity index (χ4v) is 3.85. The quantitative estimate of drug-likeness (QED) is 0.693. The number of aryl methyl sites for hydroxylation is 1. The topological polar surface area (TPSA) is 21.7 Å². The highest BCUT2D eigenvalue weighted by atomic mass is 16.5. The van der Waals surface area contributed by atoms with Crippen LogP contribution in [0.5, 0.6) is 11.5 Å². The van der Waals surface area contributed by atoms with E-state index in [9.17, 15) is 0 Å². The molecule has 0 saturated carbocycles. The summed E-state index contributed by atoms with van der Waals surface area (Å²) in [5.41, 5.74) is 2.74. The number of hydrogen-bond donors (Lipinski definition) is 0. The van der Waals surface area contributed by atoms with E-state index in [1.165, 1.54) is 49.9 Å². The summed E-state index contributed by atoms with van der Waals surface area (Å²) in [6.07, 6.45) is 6.19. The van der Waals surface area contributed by atoms with E-state index in [2.05, 4.69) is 47.4 Å². The second-order valence-electron chi connectivity index (χ2n) is 7.23. The maximum atomic E-state index is 5.46. The molecule has 0 aromatic heterocycles. The zero-order chi connectivity index (χ0) is 18.2. The van der Waals surface area contributed by atoms with Crippen LogP contribution >= 0.6 is 0 Å². The van der Waals surface area contributed by atoms with Gasteiger partial charge in [-0.15, -0.1) is 0 Å². The number of nitrogens with zero attached hydrogens (tertiary/aromatic N) is 1. The first-order valence-electron chi connectivity index (χ1n) is 9.75. The van der Waals surface area contributed by atoms with Crippen molar-refractivity contribution in [2.24, 2.45) is 5.92 Å². The van der Waals surface area contributed by atoms with Gasteiger partial charge in [0, 0.05) is 6.54 Å². The fourth-order valence-electron chi connectivity index (χ4n) is 3.85. The van der Waals surface area contributed by atoms with Crippen LogP contribution in [0.3, 0.4) is 0 Å². The number of benzene rings is 2. The summed E-state index contributed by atoms with van der Waals surface area (Å²) < 4.78 is 10.7. The third-order valence-electron chi connectivity index (χ3n) is 5.60. The molecule has 1 fully saturated rings. The van der Waals surface area contributed by atoms with Gasteiger partial charge < -0.3 is 14.4 Å². The fraction of sp³-hybridized carbons (Fsp3) is 0.478. The van der Waals surface area contributed by atoms with Crippen molar-refractivity contribution in [3.05, 3.63) is 59.7 Å². The molecule has 3 heteroatoms. The molecule has 1 heterocycles. The SMILES string of the molecule is COc1ccc(CCC2CCN(CCc3ccccc3OC)CC2)cc1. The van der Waals surface area contributed by atoms with Crippen molar-refractivity contribution < 1.29 is 9.47 Å². The standard InChI is InChI=1S/C23H31NO2/c1-25-22-11-9-19(10-12-22)7-8-20-13-16-24(17-14-20)18-15-21-5-3-4-6-23(21)26-2/h3-6,9-12,20H,7-8,13-18H2,1-2H3. The van der Waals surface area contributed by atoms with Crippen LogP contribution < -0.4 is 9.47 Å². The van der Waals surface area contributed by atoms with E-state index < -0.39 is 0 Å². The van der Waals surface area contributed by atoms with E-state index >= 15 is 0 Å². The number of para-hydroxylation sites is 1. The minimum atomic E-state index is 0.861. The van der Waals surface area contributed by atoms with Crippen LogP contribution in [0.15, 0.2) is 48.5 Å². The number of piperidine rings is 1. The Morgan fingerprint density at radius 2 is 1.62 bits per heavy atom. The van der Waals surface area contributed by atoms with Crippen molar-refractivity contribution in [3.8, 4) is 11.5 Å². The lowest BCUT2D eigenvalue weighted by molar-refractivity contribution is 0.180. The molecule has 0 radical (unpaired) electrons. The Morgan fingerprint density at radius 1 is 0.885 bits per heavy atom. The molecule has 0 bridgehead atoms. The van der Waals surface area contributed by atoms with Crippen molar-refractivity contribution in [2.45, 2.75) is 32.1 Å². The lowest BCUT2D eigenvalue weighted by Gasteiger charge is -2.32. The summed E-state index contributed by atoms with van der Waals surface area (Å²) in [6.45, 7) is 3.58. The van der Waals surface area contributed by atoms with Crippen molar-refractivity contribution in [2.75, 3.05) is 33.9 Å². The molecule has 0 spiro atoms. The van der Waals surface area contributed by atoms with E-state index in [4.69, 9.17) is 9.47 Å². The Balaban J connectivity index is 1.38. The highest BCUT2D eigenvalue weighted by Gasteiger charge is 2.19. The molecule has 0 atom stereocenters. The van der Waals surface area contributed by atoms with Gasteiger partial charge in [-0.2, -0.15) is 0 Å². The van der Waals surface area contributed by atoms with Gasteiger partial charge in [0.2, 0.25) is 0 Å². The monoisotopic (exact) mass is 353 g/mol. The second-order valence-corrected chi connectivity index (χ2v) is 7.23. The zero-order valence-electron chi connectivity index (χ0n) is 16.1. The smallest absolute Gasteiger partial charge is 0.122 e. The van der Waals surface area contributed by atoms with Gasteiger partial charge in [0.1, 0.15) is 11.5 Å². The first-order chi connectivity index (χ1) is 12.8. The molecule has 0 amide bonds. The molecule has 140 valence electrons. The van der Waals surface area contributed by atoms with E-state index in [-0.39, 0.29) is 0 Å². The number of rotatable bonds is 8. The normalized spacial score (nSPS) is 15.8. The third-order valence-corrected chi connectivity index (χ3v) is 5.60. The molecular formula is C23H31NO2. The molecule has 1 aliphatic heterocycles. The van der Waals surface area contributed by atoms with Crippen LogP contribution in [0.25, 0.3) is 0 Å². The zero-order valence-corrected chi connectivity index (χ0v) is 16.1. The third kappa shape index (κ3) is 5.25. The largest absolute Gasteiger partial charge is 0.497 e. The maximum Gasteiger partial charge on any atom is 0.122 e. The lowest BCUT2D eigenvalue weighted by Crippen LogP contribution is -2.35. The predicted molar refractivity (Wildman–Crippen MR) is 107 cm³/mol.